The van der Waals surface area contributed by atoms with Gasteiger partial charge in [0.2, 0.25) is 5.91 Å². The fourth-order valence-corrected chi connectivity index (χ4v) is 1.87. The Kier molecular flexibility index (Phi) is 4.78. The lowest BCUT2D eigenvalue weighted by molar-refractivity contribution is -0.114. The van der Waals surface area contributed by atoms with Gasteiger partial charge in [-0.3, -0.25) is 4.79 Å². The molecule has 0 aliphatic heterocycles. The standard InChI is InChI=1S/C13H18N6O/c1-10(20)15-12-6-4-11(5-7-12)13-16-17-18-19(13)9-3-2-8-14/h4-7H,2-3,8-9,14H2,1H3,(H,15,20). The second-order valence-electron chi connectivity index (χ2n) is 4.48. The highest BCUT2D eigenvalue weighted by molar-refractivity contribution is 5.88. The topological polar surface area (TPSA) is 98.7 Å². The maximum atomic E-state index is 11.0. The van der Waals surface area contributed by atoms with Crippen LogP contribution in [0.25, 0.3) is 11.4 Å². The van der Waals surface area contributed by atoms with Gasteiger partial charge >= 0.3 is 0 Å². The lowest BCUT2D eigenvalue weighted by Crippen LogP contribution is -2.07. The highest BCUT2D eigenvalue weighted by Crippen LogP contribution is 2.19. The number of tetrazole rings is 1. The van der Waals surface area contributed by atoms with Gasteiger partial charge in [-0.15, -0.1) is 5.10 Å². The molecule has 1 amide bonds. The number of carbonyl (C=O) groups excluding carboxylic acids is 1. The average molecular weight is 274 g/mol. The van der Waals surface area contributed by atoms with Gasteiger partial charge in [-0.05, 0) is 54.1 Å². The molecule has 0 unspecified atom stereocenters. The first-order chi connectivity index (χ1) is 9.70. The van der Waals surface area contributed by atoms with Crippen LogP contribution in [0.1, 0.15) is 19.8 Å². The molecule has 0 bridgehead atoms. The molecule has 3 N–H and O–H groups in total. The predicted octanol–water partition coefficient (Wildman–Crippen LogP) is 1.04. The molecule has 0 radical (unpaired) electrons. The fraction of sp³-hybridized carbons (Fsp3) is 0.385. The number of nitrogens with one attached hydrogen (secondary N) is 1. The summed E-state index contributed by atoms with van der Waals surface area (Å²) in [7, 11) is 0. The van der Waals surface area contributed by atoms with Crippen LogP contribution in [0.15, 0.2) is 24.3 Å². The molecule has 2 rings (SSSR count). The van der Waals surface area contributed by atoms with Crippen molar-refractivity contribution in [3.63, 3.8) is 0 Å². The number of aryl methyl sites for hydroxylation is 1. The predicted molar refractivity (Wildman–Crippen MR) is 75.8 cm³/mol. The Labute approximate surface area is 117 Å². The lowest BCUT2D eigenvalue weighted by atomic mass is 10.2. The number of unbranched alkanes of at least 4 members (excludes halogenated alkanes) is 1. The van der Waals surface area contributed by atoms with E-state index < -0.39 is 0 Å². The summed E-state index contributed by atoms with van der Waals surface area (Å²) >= 11 is 0. The molecule has 2 aromatic rings. The van der Waals surface area contributed by atoms with Crippen molar-refractivity contribution in [2.75, 3.05) is 11.9 Å². The number of anilines is 1. The van der Waals surface area contributed by atoms with Gasteiger partial charge in [0.05, 0.1) is 0 Å². The SMILES string of the molecule is CC(=O)Nc1ccc(-c2nnnn2CCCCN)cc1. The monoisotopic (exact) mass is 274 g/mol. The quantitative estimate of drug-likeness (QED) is 0.767. The Bertz CT molecular complexity index is 562. The Morgan fingerprint density at radius 3 is 2.70 bits per heavy atom. The minimum Gasteiger partial charge on any atom is -0.330 e. The molecule has 7 nitrogen and oxygen atoms in total. The Morgan fingerprint density at radius 1 is 1.30 bits per heavy atom. The third kappa shape index (κ3) is 3.61. The van der Waals surface area contributed by atoms with Crippen LogP contribution in [0, 0.1) is 0 Å². The third-order valence-corrected chi connectivity index (χ3v) is 2.82. The molecule has 1 aromatic carbocycles. The van der Waals surface area contributed by atoms with Crippen LogP contribution in [0.2, 0.25) is 0 Å². The number of benzene rings is 1. The Morgan fingerprint density at radius 2 is 2.05 bits per heavy atom. The second kappa shape index (κ2) is 6.76. The van der Waals surface area contributed by atoms with Crippen LogP contribution in [-0.2, 0) is 11.3 Å². The zero-order valence-corrected chi connectivity index (χ0v) is 11.4. The number of nitrogens with two attached hydrogens (primary N) is 1. The number of carbonyl (C=O) groups is 1. The van der Waals surface area contributed by atoms with Crippen LogP contribution < -0.4 is 11.1 Å². The van der Waals surface area contributed by atoms with E-state index in [0.717, 1.165) is 36.5 Å². The van der Waals surface area contributed by atoms with E-state index >= 15 is 0 Å². The molecule has 0 aliphatic carbocycles. The molecule has 106 valence electrons. The zero-order valence-electron chi connectivity index (χ0n) is 11.4. The summed E-state index contributed by atoms with van der Waals surface area (Å²) in [6, 6.07) is 7.43. The largest absolute Gasteiger partial charge is 0.330 e. The molecule has 0 saturated heterocycles. The smallest absolute Gasteiger partial charge is 0.221 e. The van der Waals surface area contributed by atoms with Crippen molar-refractivity contribution < 1.29 is 4.79 Å². The van der Waals surface area contributed by atoms with Crippen molar-refractivity contribution in [1.82, 2.24) is 20.2 Å². The number of nitrogens with zero attached hydrogens (tertiary/aromatic N) is 4. The van der Waals surface area contributed by atoms with Gasteiger partial charge in [-0.1, -0.05) is 0 Å². The number of hydrogen-bond donors (Lipinski definition) is 2. The lowest BCUT2D eigenvalue weighted by Gasteiger charge is -2.06. The van der Waals surface area contributed by atoms with E-state index in [1.165, 1.54) is 6.92 Å². The van der Waals surface area contributed by atoms with Gasteiger partial charge in [0.25, 0.3) is 0 Å². The van der Waals surface area contributed by atoms with Crippen LogP contribution in [0.5, 0.6) is 0 Å². The first-order valence-corrected chi connectivity index (χ1v) is 6.55. The maximum Gasteiger partial charge on any atom is 0.221 e. The first kappa shape index (κ1) is 14.1. The van der Waals surface area contributed by atoms with Gasteiger partial charge in [-0.2, -0.15) is 0 Å². The Balaban J connectivity index is 2.11. The van der Waals surface area contributed by atoms with Gasteiger partial charge < -0.3 is 11.1 Å². The molecule has 7 heteroatoms. The van der Waals surface area contributed by atoms with Crippen LogP contribution >= 0.6 is 0 Å². The molecule has 0 fully saturated rings. The summed E-state index contributed by atoms with van der Waals surface area (Å²) in [5.41, 5.74) is 7.15. The zero-order chi connectivity index (χ0) is 14.4. The molecule has 1 aromatic heterocycles. The fourth-order valence-electron chi connectivity index (χ4n) is 1.87. The summed E-state index contributed by atoms with van der Waals surface area (Å²) < 4.78 is 1.77. The van der Waals surface area contributed by atoms with Gasteiger partial charge in [0.1, 0.15) is 0 Å². The van der Waals surface area contributed by atoms with Crippen LogP contribution in [0.3, 0.4) is 0 Å². The van der Waals surface area contributed by atoms with Crippen molar-refractivity contribution in [2.45, 2.75) is 26.3 Å². The second-order valence-corrected chi connectivity index (χ2v) is 4.48. The molecule has 0 spiro atoms. The van der Waals surface area contributed by atoms with Gasteiger partial charge in [0, 0.05) is 24.7 Å². The average Bonchev–Trinajstić information content (AvgIpc) is 2.88. The summed E-state index contributed by atoms with van der Waals surface area (Å²) in [5.74, 6) is 0.626. The van der Waals surface area contributed by atoms with E-state index in [9.17, 15) is 4.79 Å². The maximum absolute atomic E-state index is 11.0. The van der Waals surface area contributed by atoms with Gasteiger partial charge in [0.15, 0.2) is 5.82 Å². The van der Waals surface area contributed by atoms with E-state index in [0.29, 0.717) is 6.54 Å². The molecular weight excluding hydrogens is 256 g/mol. The summed E-state index contributed by atoms with van der Waals surface area (Å²) in [5, 5.41) is 14.5. The van der Waals surface area contributed by atoms with Crippen molar-refractivity contribution in [3.8, 4) is 11.4 Å². The minimum absolute atomic E-state index is 0.0932. The highest BCUT2D eigenvalue weighted by Gasteiger charge is 2.08. The normalized spacial score (nSPS) is 10.5. The van der Waals surface area contributed by atoms with Crippen molar-refractivity contribution >= 4 is 11.6 Å². The van der Waals surface area contributed by atoms with Gasteiger partial charge in [-0.25, -0.2) is 4.68 Å². The van der Waals surface area contributed by atoms with Crippen molar-refractivity contribution in [3.05, 3.63) is 24.3 Å². The molecular formula is C13H18N6O. The molecule has 0 aliphatic rings. The molecule has 1 heterocycles. The summed E-state index contributed by atoms with van der Waals surface area (Å²) in [4.78, 5) is 11.0. The number of aromatic nitrogens is 4. The van der Waals surface area contributed by atoms with Crippen LogP contribution in [-0.4, -0.2) is 32.7 Å². The van der Waals surface area contributed by atoms with Crippen LogP contribution in [0.4, 0.5) is 5.69 Å². The highest BCUT2D eigenvalue weighted by atomic mass is 16.1. The molecule has 20 heavy (non-hydrogen) atoms. The van der Waals surface area contributed by atoms with E-state index in [2.05, 4.69) is 20.8 Å². The summed E-state index contributed by atoms with van der Waals surface area (Å²) in [6.07, 6.45) is 1.89. The summed E-state index contributed by atoms with van der Waals surface area (Å²) in [6.45, 7) is 2.89. The number of rotatable bonds is 6. The minimum atomic E-state index is -0.0932. The number of amides is 1. The Hall–Kier alpha value is -2.28. The van der Waals surface area contributed by atoms with Crippen molar-refractivity contribution in [1.29, 1.82) is 0 Å². The van der Waals surface area contributed by atoms with E-state index in [1.807, 2.05) is 24.3 Å². The van der Waals surface area contributed by atoms with E-state index in [-0.39, 0.29) is 5.91 Å². The van der Waals surface area contributed by atoms with E-state index in [4.69, 9.17) is 5.73 Å². The third-order valence-electron chi connectivity index (χ3n) is 2.82. The van der Waals surface area contributed by atoms with Crippen molar-refractivity contribution in [2.24, 2.45) is 5.73 Å². The van der Waals surface area contributed by atoms with E-state index in [1.54, 1.807) is 4.68 Å². The molecule has 0 atom stereocenters. The number of hydrogen-bond acceptors (Lipinski definition) is 5. The molecule has 0 saturated carbocycles. The first-order valence-electron chi connectivity index (χ1n) is 6.55.